The molecule has 0 N–H and O–H groups in total. The monoisotopic (exact) mass is 813 g/mol. The Hall–Kier alpha value is -8.71. The van der Waals surface area contributed by atoms with Gasteiger partial charge in [-0.25, -0.2) is 0 Å². The van der Waals surface area contributed by atoms with E-state index in [9.17, 15) is 5.26 Å². The number of aromatic nitrogens is 1. The van der Waals surface area contributed by atoms with Gasteiger partial charge in [-0.3, -0.25) is 0 Å². The van der Waals surface area contributed by atoms with E-state index >= 15 is 0 Å². The summed E-state index contributed by atoms with van der Waals surface area (Å²) in [6.07, 6.45) is 0. The molecular formula is C61H39N3. The van der Waals surface area contributed by atoms with Gasteiger partial charge in [0.15, 0.2) is 0 Å². The molecule has 11 aromatic carbocycles. The molecule has 64 heavy (non-hydrogen) atoms. The van der Waals surface area contributed by atoms with Crippen molar-refractivity contribution in [2.24, 2.45) is 0 Å². The minimum atomic E-state index is 0.624. The molecule has 0 fully saturated rings. The summed E-state index contributed by atoms with van der Waals surface area (Å²) in [6.45, 7) is 0. The van der Waals surface area contributed by atoms with Crippen molar-refractivity contribution in [2.75, 3.05) is 4.90 Å². The molecule has 0 aliphatic rings. The van der Waals surface area contributed by atoms with E-state index in [0.717, 1.165) is 33.9 Å². The Kier molecular flexibility index (Phi) is 8.88. The van der Waals surface area contributed by atoms with Gasteiger partial charge in [0.1, 0.15) is 0 Å². The fraction of sp³-hybridized carbons (Fsp3) is 0. The maximum Gasteiger partial charge on any atom is 0.0992 e. The van der Waals surface area contributed by atoms with Crippen LogP contribution in [0.15, 0.2) is 237 Å². The van der Waals surface area contributed by atoms with Crippen LogP contribution < -0.4 is 4.90 Å². The van der Waals surface area contributed by atoms with E-state index in [-0.39, 0.29) is 0 Å². The van der Waals surface area contributed by atoms with Gasteiger partial charge in [0, 0.05) is 33.5 Å². The highest BCUT2D eigenvalue weighted by molar-refractivity contribution is 6.24. The second-order valence-electron chi connectivity index (χ2n) is 16.4. The van der Waals surface area contributed by atoms with Crippen molar-refractivity contribution >= 4 is 71.2 Å². The molecule has 12 rings (SSSR count). The van der Waals surface area contributed by atoms with Crippen LogP contribution in [0.3, 0.4) is 0 Å². The smallest absolute Gasteiger partial charge is 0.0992 e. The van der Waals surface area contributed by atoms with Crippen molar-refractivity contribution in [3.05, 3.63) is 242 Å². The number of nitriles is 1. The van der Waals surface area contributed by atoms with Gasteiger partial charge in [-0.2, -0.15) is 5.26 Å². The summed E-state index contributed by atoms with van der Waals surface area (Å²) in [5.74, 6) is 0. The van der Waals surface area contributed by atoms with Gasteiger partial charge in [0.05, 0.1) is 22.7 Å². The summed E-state index contributed by atoms with van der Waals surface area (Å²) in [4.78, 5) is 2.20. The average Bonchev–Trinajstić information content (AvgIpc) is 3.70. The molecule has 0 atom stereocenters. The number of hydrogen-bond acceptors (Lipinski definition) is 2. The standard InChI is InChI=1S/C61H39N3/c62-40-41-15-13-22-49(37-41)63(46-18-3-1-4-19-46)48-33-29-42(30-34-48)44-31-35-55-57(38-44)60(53-25-9-10-26-54(53)61(55)52-27-14-17-43-16-7-8-23-50(43)52)45-32-36-59-56(39-45)51-24-11-12-28-58(51)64(59)47-20-5-2-6-21-47/h1-39H. The molecule has 0 bridgehead atoms. The largest absolute Gasteiger partial charge is 0.310 e. The summed E-state index contributed by atoms with van der Waals surface area (Å²) in [5, 5.41) is 19.5. The zero-order chi connectivity index (χ0) is 42.6. The van der Waals surface area contributed by atoms with E-state index < -0.39 is 0 Å². The Bertz CT molecular complexity index is 3780. The summed E-state index contributed by atoms with van der Waals surface area (Å²) >= 11 is 0. The molecule has 0 aliphatic heterocycles. The zero-order valence-electron chi connectivity index (χ0n) is 34.9. The van der Waals surface area contributed by atoms with Gasteiger partial charge < -0.3 is 9.47 Å². The number of fused-ring (bicyclic) bond motifs is 6. The minimum absolute atomic E-state index is 0.624. The van der Waals surface area contributed by atoms with Crippen LogP contribution in [0.5, 0.6) is 0 Å². The van der Waals surface area contributed by atoms with Crippen LogP contribution in [0.1, 0.15) is 5.56 Å². The highest BCUT2D eigenvalue weighted by Gasteiger charge is 2.21. The van der Waals surface area contributed by atoms with E-state index in [1.807, 2.05) is 36.4 Å². The third kappa shape index (κ3) is 6.12. The molecule has 1 aromatic heterocycles. The third-order valence-electron chi connectivity index (χ3n) is 12.8. The summed E-state index contributed by atoms with van der Waals surface area (Å²) in [6, 6.07) is 87.1. The molecule has 0 amide bonds. The Balaban J connectivity index is 1.10. The normalized spacial score (nSPS) is 11.4. The molecule has 0 aliphatic carbocycles. The second kappa shape index (κ2) is 15.3. The molecule has 298 valence electrons. The zero-order valence-corrected chi connectivity index (χ0v) is 34.9. The highest BCUT2D eigenvalue weighted by Crippen LogP contribution is 2.47. The van der Waals surface area contributed by atoms with Gasteiger partial charge in [-0.05, 0) is 145 Å². The Morgan fingerprint density at radius 3 is 1.70 bits per heavy atom. The minimum Gasteiger partial charge on any atom is -0.310 e. The van der Waals surface area contributed by atoms with Gasteiger partial charge >= 0.3 is 0 Å². The predicted octanol–water partition coefficient (Wildman–Crippen LogP) is 16.6. The van der Waals surface area contributed by atoms with Crippen molar-refractivity contribution in [1.82, 2.24) is 4.57 Å². The van der Waals surface area contributed by atoms with Gasteiger partial charge in [0.2, 0.25) is 0 Å². The molecule has 12 aromatic rings. The molecule has 0 spiro atoms. The number of hydrogen-bond donors (Lipinski definition) is 0. The fourth-order valence-corrected chi connectivity index (χ4v) is 9.93. The average molecular weight is 814 g/mol. The lowest BCUT2D eigenvalue weighted by Gasteiger charge is -2.25. The van der Waals surface area contributed by atoms with E-state index in [0.29, 0.717) is 5.56 Å². The lowest BCUT2D eigenvalue weighted by molar-refractivity contribution is 1.18. The third-order valence-corrected chi connectivity index (χ3v) is 12.8. The van der Waals surface area contributed by atoms with E-state index in [4.69, 9.17) is 0 Å². The second-order valence-corrected chi connectivity index (χ2v) is 16.4. The first-order valence-electron chi connectivity index (χ1n) is 21.7. The van der Waals surface area contributed by atoms with Crippen molar-refractivity contribution in [3.8, 4) is 45.1 Å². The lowest BCUT2D eigenvalue weighted by atomic mass is 9.83. The van der Waals surface area contributed by atoms with Crippen molar-refractivity contribution < 1.29 is 0 Å². The van der Waals surface area contributed by atoms with E-state index in [1.165, 1.54) is 76.4 Å². The number of nitrogens with zero attached hydrogens (tertiary/aromatic N) is 3. The van der Waals surface area contributed by atoms with Gasteiger partial charge in [-0.1, -0.05) is 158 Å². The molecule has 0 unspecified atom stereocenters. The van der Waals surface area contributed by atoms with Crippen LogP contribution in [0.2, 0.25) is 0 Å². The fourth-order valence-electron chi connectivity index (χ4n) is 9.93. The lowest BCUT2D eigenvalue weighted by Crippen LogP contribution is -2.09. The molecule has 0 saturated heterocycles. The molecule has 3 heteroatoms. The van der Waals surface area contributed by atoms with Crippen LogP contribution in [0.25, 0.3) is 93.2 Å². The Morgan fingerprint density at radius 1 is 0.344 bits per heavy atom. The van der Waals surface area contributed by atoms with Crippen LogP contribution >= 0.6 is 0 Å². The first-order valence-corrected chi connectivity index (χ1v) is 21.7. The predicted molar refractivity (Wildman–Crippen MR) is 269 cm³/mol. The highest BCUT2D eigenvalue weighted by atomic mass is 15.1. The molecule has 3 nitrogen and oxygen atoms in total. The summed E-state index contributed by atoms with van der Waals surface area (Å²) in [5.41, 5.74) is 14.3. The van der Waals surface area contributed by atoms with E-state index in [1.54, 1.807) is 0 Å². The number of para-hydroxylation sites is 3. The molecule has 1 heterocycles. The number of benzene rings is 11. The maximum atomic E-state index is 9.77. The van der Waals surface area contributed by atoms with Crippen molar-refractivity contribution in [3.63, 3.8) is 0 Å². The molecule has 0 saturated carbocycles. The SMILES string of the molecule is N#Cc1cccc(N(c2ccccc2)c2ccc(-c3ccc4c(-c5cccc6ccccc56)c5ccccc5c(-c5ccc6c(c5)c5ccccc5n6-c5ccccc5)c4c3)cc2)c1. The van der Waals surface area contributed by atoms with Gasteiger partial charge in [0.25, 0.3) is 0 Å². The van der Waals surface area contributed by atoms with E-state index in [2.05, 4.69) is 216 Å². The molecular weight excluding hydrogens is 775 g/mol. The summed E-state index contributed by atoms with van der Waals surface area (Å²) in [7, 11) is 0. The number of anilines is 3. The van der Waals surface area contributed by atoms with Crippen LogP contribution in [-0.2, 0) is 0 Å². The van der Waals surface area contributed by atoms with Crippen LogP contribution in [0.4, 0.5) is 17.1 Å². The van der Waals surface area contributed by atoms with Crippen LogP contribution in [-0.4, -0.2) is 4.57 Å². The maximum absolute atomic E-state index is 9.77. The van der Waals surface area contributed by atoms with Gasteiger partial charge in [-0.15, -0.1) is 0 Å². The quantitative estimate of drug-likeness (QED) is 0.150. The first-order chi connectivity index (χ1) is 31.7. The number of rotatable bonds is 7. The summed E-state index contributed by atoms with van der Waals surface area (Å²) < 4.78 is 2.38. The topological polar surface area (TPSA) is 32.0 Å². The van der Waals surface area contributed by atoms with Crippen LogP contribution in [0, 0.1) is 11.3 Å². The first kappa shape index (κ1) is 37.1. The molecule has 0 radical (unpaired) electrons. The van der Waals surface area contributed by atoms with Crippen molar-refractivity contribution in [1.29, 1.82) is 5.26 Å². The van der Waals surface area contributed by atoms with Crippen molar-refractivity contribution in [2.45, 2.75) is 0 Å². The Morgan fingerprint density at radius 2 is 0.906 bits per heavy atom. The Labute approximate surface area is 371 Å².